The molecular weight excluding hydrogens is 369 g/mol. The van der Waals surface area contributed by atoms with E-state index in [2.05, 4.69) is 27.6 Å². The van der Waals surface area contributed by atoms with Crippen LogP contribution in [0.1, 0.15) is 0 Å². The summed E-state index contributed by atoms with van der Waals surface area (Å²) in [7, 11) is 0. The molecule has 0 spiro atoms. The molecule has 0 amide bonds. The van der Waals surface area contributed by atoms with Crippen molar-refractivity contribution in [3.05, 3.63) is 62.5 Å². The van der Waals surface area contributed by atoms with E-state index >= 15 is 0 Å². The van der Waals surface area contributed by atoms with E-state index in [-0.39, 0.29) is 11.5 Å². The molecule has 1 heterocycles. The van der Waals surface area contributed by atoms with Gasteiger partial charge in [0, 0.05) is 3.57 Å². The van der Waals surface area contributed by atoms with E-state index in [9.17, 15) is 10.0 Å². The van der Waals surface area contributed by atoms with Crippen molar-refractivity contribution >= 4 is 39.4 Å². The number of benzene rings is 2. The first-order valence-electron chi connectivity index (χ1n) is 5.88. The third-order valence-electron chi connectivity index (χ3n) is 2.94. The zero-order valence-electron chi connectivity index (χ0n) is 10.2. The summed E-state index contributed by atoms with van der Waals surface area (Å²) in [5, 5.41) is 9.76. The van der Waals surface area contributed by atoms with E-state index in [1.165, 1.54) is 4.57 Å². The molecule has 0 aliphatic carbocycles. The van der Waals surface area contributed by atoms with Crippen LogP contribution in [0.2, 0.25) is 0 Å². The average Bonchev–Trinajstić information content (AvgIpc) is 2.48. The second kappa shape index (κ2) is 5.22. The Balaban J connectivity index is 2.41. The van der Waals surface area contributed by atoms with E-state index in [1.807, 2.05) is 29.7 Å². The molecule has 2 aromatic carbocycles. The van der Waals surface area contributed by atoms with E-state index in [4.69, 9.17) is 0 Å². The lowest BCUT2D eigenvalue weighted by molar-refractivity contribution is 0.380. The van der Waals surface area contributed by atoms with Gasteiger partial charge >= 0.3 is 0 Å². The lowest BCUT2D eigenvalue weighted by Gasteiger charge is -2.12. The monoisotopic (exact) mass is 379 g/mol. The van der Waals surface area contributed by atoms with Gasteiger partial charge in [0.05, 0.1) is 16.6 Å². The fourth-order valence-corrected chi connectivity index (χ4v) is 2.54. The van der Waals surface area contributed by atoms with Crippen LogP contribution in [0, 0.1) is 3.57 Å². The van der Waals surface area contributed by atoms with Gasteiger partial charge in [-0.2, -0.15) is 0 Å². The smallest absolute Gasteiger partial charge is 0.267 e. The van der Waals surface area contributed by atoms with Crippen LogP contribution in [0.15, 0.2) is 53.3 Å². The molecule has 0 aliphatic heterocycles. The number of nitrogens with zero attached hydrogens (tertiary/aromatic N) is 2. The van der Waals surface area contributed by atoms with Gasteiger partial charge in [-0.15, -0.1) is 0 Å². The first kappa shape index (κ1) is 13.1. The molecule has 1 aromatic heterocycles. The second-order valence-corrected chi connectivity index (χ2v) is 5.43. The normalized spacial score (nSPS) is 10.7. The summed E-state index contributed by atoms with van der Waals surface area (Å²) in [4.78, 5) is 16.9. The number of rotatable bonds is 2. The highest BCUT2D eigenvalue weighted by atomic mass is 127. The average molecular weight is 379 g/mol. The second-order valence-electron chi connectivity index (χ2n) is 4.18. The first-order chi connectivity index (χ1) is 9.70. The van der Waals surface area contributed by atoms with Gasteiger partial charge in [-0.25, -0.2) is 15.0 Å². The summed E-state index contributed by atoms with van der Waals surface area (Å²) in [6.07, 6.45) is 0. The zero-order valence-corrected chi connectivity index (χ0v) is 12.4. The van der Waals surface area contributed by atoms with Gasteiger partial charge in [-0.05, 0) is 52.9 Å². The van der Waals surface area contributed by atoms with E-state index in [0.29, 0.717) is 16.6 Å². The highest BCUT2D eigenvalue weighted by molar-refractivity contribution is 14.1. The third-order valence-corrected chi connectivity index (χ3v) is 3.62. The van der Waals surface area contributed by atoms with E-state index < -0.39 is 0 Å². The van der Waals surface area contributed by atoms with Crippen molar-refractivity contribution < 1.29 is 5.21 Å². The molecule has 0 bridgehead atoms. The van der Waals surface area contributed by atoms with E-state index in [1.54, 1.807) is 24.3 Å². The highest BCUT2D eigenvalue weighted by Gasteiger charge is 2.12. The van der Waals surface area contributed by atoms with Crippen LogP contribution in [0.3, 0.4) is 0 Å². The summed E-state index contributed by atoms with van der Waals surface area (Å²) in [5.41, 5.74) is 2.95. The van der Waals surface area contributed by atoms with Crippen LogP contribution < -0.4 is 11.0 Å². The van der Waals surface area contributed by atoms with Crippen LogP contribution >= 0.6 is 22.6 Å². The molecule has 3 aromatic rings. The van der Waals surface area contributed by atoms with Crippen molar-refractivity contribution in [3.63, 3.8) is 0 Å². The fraction of sp³-hybridized carbons (Fsp3) is 0. The van der Waals surface area contributed by atoms with Crippen molar-refractivity contribution in [1.29, 1.82) is 0 Å². The van der Waals surface area contributed by atoms with Gasteiger partial charge in [-0.3, -0.25) is 10.0 Å². The molecule has 0 atom stereocenters. The Labute approximate surface area is 128 Å². The predicted molar refractivity (Wildman–Crippen MR) is 85.5 cm³/mol. The maximum atomic E-state index is 12.6. The highest BCUT2D eigenvalue weighted by Crippen LogP contribution is 2.17. The minimum absolute atomic E-state index is 0.0925. The van der Waals surface area contributed by atoms with Gasteiger partial charge in [-0.1, -0.05) is 18.2 Å². The summed E-state index contributed by atoms with van der Waals surface area (Å²) in [6, 6.07) is 14.5. The lowest BCUT2D eigenvalue weighted by atomic mass is 10.2. The standard InChI is InChI=1S/C14H10IN3O2/c15-9-6-7-12-11(8-9)13(19)18(14(16-12)17-20)10-4-2-1-3-5-10/h1-8,20H,(H,16,17). The van der Waals surface area contributed by atoms with Crippen LogP contribution in [0.5, 0.6) is 0 Å². The first-order valence-corrected chi connectivity index (χ1v) is 6.96. The Kier molecular flexibility index (Phi) is 3.41. The summed E-state index contributed by atoms with van der Waals surface area (Å²) in [6.45, 7) is 0. The Morgan fingerprint density at radius 2 is 1.90 bits per heavy atom. The van der Waals surface area contributed by atoms with Gasteiger partial charge in [0.2, 0.25) is 5.95 Å². The van der Waals surface area contributed by atoms with Crippen LogP contribution in [-0.2, 0) is 0 Å². The number of hydrogen-bond acceptors (Lipinski definition) is 4. The zero-order chi connectivity index (χ0) is 14.1. The minimum Gasteiger partial charge on any atom is -0.288 e. The number of halogens is 1. The topological polar surface area (TPSA) is 67.2 Å². The van der Waals surface area contributed by atoms with E-state index in [0.717, 1.165) is 3.57 Å². The molecule has 2 N–H and O–H groups in total. The fourth-order valence-electron chi connectivity index (χ4n) is 2.05. The number of para-hydroxylation sites is 1. The molecule has 0 fully saturated rings. The number of aromatic nitrogens is 2. The predicted octanol–water partition coefficient (Wildman–Crippen LogP) is 2.79. The van der Waals surface area contributed by atoms with Crippen molar-refractivity contribution in [2.24, 2.45) is 0 Å². The number of fused-ring (bicyclic) bond motifs is 1. The SMILES string of the molecule is O=c1c2cc(I)ccc2nc(NO)n1-c1ccccc1. The molecule has 5 nitrogen and oxygen atoms in total. The van der Waals surface area contributed by atoms with Crippen molar-refractivity contribution in [1.82, 2.24) is 9.55 Å². The quantitative estimate of drug-likeness (QED) is 0.531. The maximum absolute atomic E-state index is 12.6. The maximum Gasteiger partial charge on any atom is 0.267 e. The Hall–Kier alpha value is -1.93. The third kappa shape index (κ3) is 2.16. The number of nitrogens with one attached hydrogen (secondary N) is 1. The van der Waals surface area contributed by atoms with Gasteiger partial charge < -0.3 is 0 Å². The molecule has 0 unspecified atom stereocenters. The summed E-state index contributed by atoms with van der Waals surface area (Å²) in [5.74, 6) is 0.0925. The molecule has 0 radical (unpaired) electrons. The summed E-state index contributed by atoms with van der Waals surface area (Å²) >= 11 is 2.15. The molecule has 20 heavy (non-hydrogen) atoms. The molecule has 0 saturated carbocycles. The molecule has 100 valence electrons. The molecule has 6 heteroatoms. The van der Waals surface area contributed by atoms with Crippen LogP contribution in [0.25, 0.3) is 16.6 Å². The van der Waals surface area contributed by atoms with Crippen molar-refractivity contribution in [2.45, 2.75) is 0 Å². The summed E-state index contributed by atoms with van der Waals surface area (Å²) < 4.78 is 2.30. The Morgan fingerprint density at radius 1 is 1.15 bits per heavy atom. The molecule has 0 saturated heterocycles. The Morgan fingerprint density at radius 3 is 2.60 bits per heavy atom. The molecule has 0 aliphatic rings. The number of anilines is 1. The van der Waals surface area contributed by atoms with Gasteiger partial charge in [0.25, 0.3) is 5.56 Å². The lowest BCUT2D eigenvalue weighted by Crippen LogP contribution is -2.23. The Bertz CT molecular complexity index is 831. The van der Waals surface area contributed by atoms with Gasteiger partial charge in [0.1, 0.15) is 0 Å². The molecule has 3 rings (SSSR count). The van der Waals surface area contributed by atoms with Crippen molar-refractivity contribution in [3.8, 4) is 5.69 Å². The number of hydrogen-bond donors (Lipinski definition) is 2. The van der Waals surface area contributed by atoms with Crippen LogP contribution in [0.4, 0.5) is 5.95 Å². The minimum atomic E-state index is -0.226. The van der Waals surface area contributed by atoms with Crippen molar-refractivity contribution in [2.75, 3.05) is 5.48 Å². The largest absolute Gasteiger partial charge is 0.288 e. The molecular formula is C14H10IN3O2. The van der Waals surface area contributed by atoms with Crippen LogP contribution in [-0.4, -0.2) is 14.8 Å². The van der Waals surface area contributed by atoms with Gasteiger partial charge in [0.15, 0.2) is 0 Å².